The summed E-state index contributed by atoms with van der Waals surface area (Å²) in [6.45, 7) is 9.88. The summed E-state index contributed by atoms with van der Waals surface area (Å²) < 4.78 is 0. The van der Waals surface area contributed by atoms with Gasteiger partial charge in [0.15, 0.2) is 0 Å². The Morgan fingerprint density at radius 1 is 1.37 bits per heavy atom. The molecule has 1 fully saturated rings. The number of amides is 2. The van der Waals surface area contributed by atoms with Crippen LogP contribution in [0.2, 0.25) is 0 Å². The maximum absolute atomic E-state index is 12.7. The van der Waals surface area contributed by atoms with Gasteiger partial charge in [0.05, 0.1) is 5.92 Å². The smallest absolute Gasteiger partial charge is 0.227 e. The molecular formula is C15H28N2O2. The summed E-state index contributed by atoms with van der Waals surface area (Å²) in [5, 5.41) is 2.81. The Morgan fingerprint density at radius 3 is 2.42 bits per heavy atom. The van der Waals surface area contributed by atoms with E-state index in [0.29, 0.717) is 31.3 Å². The van der Waals surface area contributed by atoms with Crippen LogP contribution in [0.25, 0.3) is 0 Å². The number of carbonyl (C=O) groups is 2. The molecule has 0 aromatic carbocycles. The van der Waals surface area contributed by atoms with Crippen LogP contribution < -0.4 is 5.32 Å². The van der Waals surface area contributed by atoms with Crippen LogP contribution in [0.4, 0.5) is 0 Å². The topological polar surface area (TPSA) is 49.4 Å². The molecule has 0 aliphatic carbocycles. The van der Waals surface area contributed by atoms with Crippen LogP contribution in [0, 0.1) is 11.8 Å². The molecule has 19 heavy (non-hydrogen) atoms. The van der Waals surface area contributed by atoms with E-state index < -0.39 is 0 Å². The standard InChI is InChI=1S/C15H28N2O2/c1-5-13(6-2)17(10-11(3)4)15(19)12-7-8-14(18)16-9-12/h11-13H,5-10H2,1-4H3,(H,16,18). The lowest BCUT2D eigenvalue weighted by atomic mass is 9.95. The fourth-order valence-corrected chi connectivity index (χ4v) is 2.72. The van der Waals surface area contributed by atoms with Gasteiger partial charge in [-0.1, -0.05) is 27.7 Å². The lowest BCUT2D eigenvalue weighted by molar-refractivity contribution is -0.140. The van der Waals surface area contributed by atoms with Crippen molar-refractivity contribution in [1.82, 2.24) is 10.2 Å². The zero-order valence-electron chi connectivity index (χ0n) is 12.7. The Hall–Kier alpha value is -1.06. The fraction of sp³-hybridized carbons (Fsp3) is 0.867. The Kier molecular flexibility index (Phi) is 6.32. The molecule has 0 aromatic rings. The molecule has 4 nitrogen and oxygen atoms in total. The van der Waals surface area contributed by atoms with E-state index in [0.717, 1.165) is 19.4 Å². The van der Waals surface area contributed by atoms with Gasteiger partial charge in [-0.15, -0.1) is 0 Å². The van der Waals surface area contributed by atoms with Gasteiger partial charge in [-0.25, -0.2) is 0 Å². The highest BCUT2D eigenvalue weighted by atomic mass is 16.2. The van der Waals surface area contributed by atoms with Crippen LogP contribution in [0.5, 0.6) is 0 Å². The number of nitrogens with one attached hydrogen (secondary N) is 1. The minimum atomic E-state index is -0.0305. The van der Waals surface area contributed by atoms with E-state index in [-0.39, 0.29) is 17.7 Å². The summed E-state index contributed by atoms with van der Waals surface area (Å²) >= 11 is 0. The molecule has 110 valence electrons. The predicted octanol–water partition coefficient (Wildman–Crippen LogP) is 2.19. The molecule has 1 aliphatic rings. The van der Waals surface area contributed by atoms with E-state index in [2.05, 4.69) is 33.0 Å². The quantitative estimate of drug-likeness (QED) is 0.802. The summed E-state index contributed by atoms with van der Waals surface area (Å²) in [6.07, 6.45) is 3.16. The Balaban J connectivity index is 2.72. The van der Waals surface area contributed by atoms with Crippen LogP contribution in [0.1, 0.15) is 53.4 Å². The molecule has 1 atom stereocenters. The van der Waals surface area contributed by atoms with E-state index in [1.807, 2.05) is 4.90 Å². The second-order valence-electron chi connectivity index (χ2n) is 5.89. The summed E-state index contributed by atoms with van der Waals surface area (Å²) in [5.41, 5.74) is 0. The van der Waals surface area contributed by atoms with E-state index in [1.54, 1.807) is 0 Å². The van der Waals surface area contributed by atoms with Gasteiger partial charge in [-0.2, -0.15) is 0 Å². The van der Waals surface area contributed by atoms with Gasteiger partial charge in [0.2, 0.25) is 11.8 Å². The second kappa shape index (κ2) is 7.51. The van der Waals surface area contributed by atoms with Gasteiger partial charge in [-0.05, 0) is 25.2 Å². The predicted molar refractivity (Wildman–Crippen MR) is 76.7 cm³/mol. The SMILES string of the molecule is CCC(CC)N(CC(C)C)C(=O)C1CCC(=O)NC1. The average molecular weight is 268 g/mol. The van der Waals surface area contributed by atoms with Crippen LogP contribution in [0.15, 0.2) is 0 Å². The number of carbonyl (C=O) groups excluding carboxylic acids is 2. The third-order valence-corrected chi connectivity index (χ3v) is 3.84. The third kappa shape index (κ3) is 4.51. The van der Waals surface area contributed by atoms with Gasteiger partial charge in [0, 0.05) is 25.6 Å². The number of hydrogen-bond acceptors (Lipinski definition) is 2. The first kappa shape index (κ1) is 16.0. The molecule has 1 saturated heterocycles. The number of hydrogen-bond donors (Lipinski definition) is 1. The normalized spacial score (nSPS) is 19.7. The average Bonchev–Trinajstić information content (AvgIpc) is 2.38. The van der Waals surface area contributed by atoms with E-state index >= 15 is 0 Å². The van der Waals surface area contributed by atoms with Gasteiger partial charge < -0.3 is 10.2 Å². The minimum Gasteiger partial charge on any atom is -0.355 e. The highest BCUT2D eigenvalue weighted by Gasteiger charge is 2.31. The second-order valence-corrected chi connectivity index (χ2v) is 5.89. The molecule has 0 saturated carbocycles. The summed E-state index contributed by atoms with van der Waals surface area (Å²) in [5.74, 6) is 0.740. The van der Waals surface area contributed by atoms with Gasteiger partial charge in [0.1, 0.15) is 0 Å². The summed E-state index contributed by atoms with van der Waals surface area (Å²) in [7, 11) is 0. The molecule has 1 rings (SSSR count). The van der Waals surface area contributed by atoms with Gasteiger partial charge in [-0.3, -0.25) is 9.59 Å². The molecule has 0 aromatic heterocycles. The van der Waals surface area contributed by atoms with Crippen molar-refractivity contribution in [3.05, 3.63) is 0 Å². The Bertz CT molecular complexity index is 301. The molecule has 1 heterocycles. The lowest BCUT2D eigenvalue weighted by Crippen LogP contribution is -2.49. The van der Waals surface area contributed by atoms with E-state index in [4.69, 9.17) is 0 Å². The van der Waals surface area contributed by atoms with Crippen molar-refractivity contribution in [2.45, 2.75) is 59.4 Å². The molecule has 1 aliphatic heterocycles. The molecule has 1 unspecified atom stereocenters. The van der Waals surface area contributed by atoms with Crippen molar-refractivity contribution in [2.75, 3.05) is 13.1 Å². The highest BCUT2D eigenvalue weighted by molar-refractivity contribution is 5.84. The number of rotatable bonds is 6. The van der Waals surface area contributed by atoms with E-state index in [9.17, 15) is 9.59 Å². The van der Waals surface area contributed by atoms with Crippen molar-refractivity contribution in [1.29, 1.82) is 0 Å². The van der Waals surface area contributed by atoms with Crippen LogP contribution in [-0.4, -0.2) is 35.8 Å². The zero-order valence-corrected chi connectivity index (χ0v) is 12.7. The van der Waals surface area contributed by atoms with Crippen LogP contribution in [0.3, 0.4) is 0 Å². The van der Waals surface area contributed by atoms with Crippen molar-refractivity contribution < 1.29 is 9.59 Å². The van der Waals surface area contributed by atoms with Gasteiger partial charge >= 0.3 is 0 Å². The monoisotopic (exact) mass is 268 g/mol. The van der Waals surface area contributed by atoms with Crippen molar-refractivity contribution in [2.24, 2.45) is 11.8 Å². The Morgan fingerprint density at radius 2 is 2.00 bits per heavy atom. The van der Waals surface area contributed by atoms with E-state index in [1.165, 1.54) is 0 Å². The van der Waals surface area contributed by atoms with Gasteiger partial charge in [0.25, 0.3) is 0 Å². The first-order chi connectivity index (χ1) is 8.99. The largest absolute Gasteiger partial charge is 0.355 e. The summed E-state index contributed by atoms with van der Waals surface area (Å²) in [4.78, 5) is 25.9. The third-order valence-electron chi connectivity index (χ3n) is 3.84. The zero-order chi connectivity index (χ0) is 14.4. The summed E-state index contributed by atoms with van der Waals surface area (Å²) in [6, 6.07) is 0.326. The number of piperidine rings is 1. The van der Waals surface area contributed by atoms with Crippen LogP contribution in [-0.2, 0) is 9.59 Å². The first-order valence-corrected chi connectivity index (χ1v) is 7.56. The highest BCUT2D eigenvalue weighted by Crippen LogP contribution is 2.19. The molecule has 0 radical (unpaired) electrons. The molecule has 1 N–H and O–H groups in total. The molecule has 2 amide bonds. The maximum atomic E-state index is 12.7. The lowest BCUT2D eigenvalue weighted by Gasteiger charge is -2.36. The molecule has 4 heteroatoms. The first-order valence-electron chi connectivity index (χ1n) is 7.56. The molecule has 0 bridgehead atoms. The van der Waals surface area contributed by atoms with Crippen molar-refractivity contribution in [3.8, 4) is 0 Å². The number of nitrogens with zero attached hydrogens (tertiary/aromatic N) is 1. The molecule has 0 spiro atoms. The van der Waals surface area contributed by atoms with Crippen LogP contribution >= 0.6 is 0 Å². The molecular weight excluding hydrogens is 240 g/mol. The maximum Gasteiger partial charge on any atom is 0.227 e. The van der Waals surface area contributed by atoms with Crippen molar-refractivity contribution in [3.63, 3.8) is 0 Å². The Labute approximate surface area is 116 Å². The van der Waals surface area contributed by atoms with Crippen molar-refractivity contribution >= 4 is 11.8 Å². The fourth-order valence-electron chi connectivity index (χ4n) is 2.72. The minimum absolute atomic E-state index is 0.0305.